The molecule has 2 aliphatic rings. The van der Waals surface area contributed by atoms with E-state index in [9.17, 15) is 0 Å². The third-order valence-corrected chi connectivity index (χ3v) is 3.45. The van der Waals surface area contributed by atoms with Gasteiger partial charge in [0.05, 0.1) is 5.92 Å². The Morgan fingerprint density at radius 2 is 1.94 bits per heavy atom. The molecule has 1 atom stereocenters. The highest BCUT2D eigenvalue weighted by molar-refractivity contribution is 5.85. The molecular formula is C11H18ClN3O2. The van der Waals surface area contributed by atoms with Crippen molar-refractivity contribution in [1.29, 1.82) is 0 Å². The van der Waals surface area contributed by atoms with Crippen LogP contribution in [0.5, 0.6) is 0 Å². The fraction of sp³-hybridized carbons (Fsp3) is 0.818. The van der Waals surface area contributed by atoms with E-state index in [0.717, 1.165) is 57.3 Å². The van der Waals surface area contributed by atoms with Gasteiger partial charge < -0.3 is 14.6 Å². The van der Waals surface area contributed by atoms with E-state index in [1.807, 2.05) is 0 Å². The zero-order valence-corrected chi connectivity index (χ0v) is 10.5. The van der Waals surface area contributed by atoms with Gasteiger partial charge in [-0.2, -0.15) is 4.98 Å². The Balaban J connectivity index is 0.00000108. The normalized spacial score (nSPS) is 25.8. The molecule has 0 spiro atoms. The van der Waals surface area contributed by atoms with Crippen LogP contribution in [0, 0.1) is 0 Å². The van der Waals surface area contributed by atoms with E-state index in [1.165, 1.54) is 0 Å². The molecule has 96 valence electrons. The van der Waals surface area contributed by atoms with E-state index >= 15 is 0 Å². The van der Waals surface area contributed by atoms with Crippen molar-refractivity contribution in [3.63, 3.8) is 0 Å². The standard InChI is InChI=1S/C11H17N3O2.ClH/c1-4-12-7-9(1)11-13-10(14-16-11)8-2-5-15-6-3-8;/h8-9,12H,1-7H2;1H. The van der Waals surface area contributed by atoms with E-state index in [4.69, 9.17) is 9.26 Å². The lowest BCUT2D eigenvalue weighted by molar-refractivity contribution is 0.0830. The minimum Gasteiger partial charge on any atom is -0.381 e. The van der Waals surface area contributed by atoms with Crippen molar-refractivity contribution in [2.24, 2.45) is 0 Å². The highest BCUT2D eigenvalue weighted by atomic mass is 35.5. The number of ether oxygens (including phenoxy) is 1. The third kappa shape index (κ3) is 2.78. The molecule has 0 aliphatic carbocycles. The lowest BCUT2D eigenvalue weighted by atomic mass is 10.00. The van der Waals surface area contributed by atoms with Gasteiger partial charge in [0.1, 0.15) is 0 Å². The molecule has 5 nitrogen and oxygen atoms in total. The predicted molar refractivity (Wildman–Crippen MR) is 64.6 cm³/mol. The Kier molecular flexibility index (Phi) is 4.36. The molecular weight excluding hydrogens is 242 g/mol. The lowest BCUT2D eigenvalue weighted by Gasteiger charge is -2.18. The largest absolute Gasteiger partial charge is 0.381 e. The van der Waals surface area contributed by atoms with Gasteiger partial charge in [0, 0.05) is 25.7 Å². The van der Waals surface area contributed by atoms with E-state index in [1.54, 1.807) is 0 Å². The Hall–Kier alpha value is -0.650. The second-order valence-corrected chi connectivity index (χ2v) is 4.57. The number of halogens is 1. The van der Waals surface area contributed by atoms with Crippen LogP contribution < -0.4 is 5.32 Å². The summed E-state index contributed by atoms with van der Waals surface area (Å²) in [5, 5.41) is 7.43. The molecule has 1 aromatic heterocycles. The summed E-state index contributed by atoms with van der Waals surface area (Å²) in [7, 11) is 0. The van der Waals surface area contributed by atoms with Gasteiger partial charge in [-0.05, 0) is 25.8 Å². The van der Waals surface area contributed by atoms with Crippen molar-refractivity contribution in [3.05, 3.63) is 11.7 Å². The molecule has 0 radical (unpaired) electrons. The minimum absolute atomic E-state index is 0. The topological polar surface area (TPSA) is 60.2 Å². The summed E-state index contributed by atoms with van der Waals surface area (Å²) in [6, 6.07) is 0. The zero-order chi connectivity index (χ0) is 10.8. The van der Waals surface area contributed by atoms with Crippen LogP contribution in [0.25, 0.3) is 0 Å². The molecule has 17 heavy (non-hydrogen) atoms. The van der Waals surface area contributed by atoms with Gasteiger partial charge in [-0.25, -0.2) is 0 Å². The first-order valence-electron chi connectivity index (χ1n) is 6.05. The maximum atomic E-state index is 5.36. The Labute approximate surface area is 107 Å². The van der Waals surface area contributed by atoms with E-state index < -0.39 is 0 Å². The molecule has 0 amide bonds. The van der Waals surface area contributed by atoms with Crippen LogP contribution in [0.15, 0.2) is 4.52 Å². The number of nitrogens with one attached hydrogen (secondary N) is 1. The first-order valence-corrected chi connectivity index (χ1v) is 6.05. The third-order valence-electron chi connectivity index (χ3n) is 3.45. The van der Waals surface area contributed by atoms with Gasteiger partial charge in [0.2, 0.25) is 5.89 Å². The first-order chi connectivity index (χ1) is 7.93. The second kappa shape index (κ2) is 5.80. The number of hydrogen-bond donors (Lipinski definition) is 1. The van der Waals surface area contributed by atoms with E-state index in [0.29, 0.717) is 11.8 Å². The monoisotopic (exact) mass is 259 g/mol. The fourth-order valence-corrected chi connectivity index (χ4v) is 2.40. The summed E-state index contributed by atoms with van der Waals surface area (Å²) in [5.74, 6) is 2.54. The van der Waals surface area contributed by atoms with Crippen molar-refractivity contribution < 1.29 is 9.26 Å². The van der Waals surface area contributed by atoms with Gasteiger partial charge in [-0.15, -0.1) is 12.4 Å². The summed E-state index contributed by atoms with van der Waals surface area (Å²) >= 11 is 0. The molecule has 2 saturated heterocycles. The summed E-state index contributed by atoms with van der Waals surface area (Å²) in [6.07, 6.45) is 3.14. The van der Waals surface area contributed by atoms with Crippen LogP contribution in [0.1, 0.15) is 42.8 Å². The number of aromatic nitrogens is 2. The van der Waals surface area contributed by atoms with Crippen LogP contribution >= 0.6 is 12.4 Å². The Morgan fingerprint density at radius 3 is 2.65 bits per heavy atom. The van der Waals surface area contributed by atoms with Crippen molar-refractivity contribution in [3.8, 4) is 0 Å². The molecule has 3 heterocycles. The van der Waals surface area contributed by atoms with Gasteiger partial charge in [0.25, 0.3) is 0 Å². The van der Waals surface area contributed by atoms with Crippen LogP contribution in [0.4, 0.5) is 0 Å². The van der Waals surface area contributed by atoms with Gasteiger partial charge in [-0.1, -0.05) is 5.16 Å². The summed E-state index contributed by atoms with van der Waals surface area (Å²) in [6.45, 7) is 3.66. The predicted octanol–water partition coefficient (Wildman–Crippen LogP) is 1.46. The molecule has 2 aliphatic heterocycles. The fourth-order valence-electron chi connectivity index (χ4n) is 2.40. The minimum atomic E-state index is 0. The van der Waals surface area contributed by atoms with Gasteiger partial charge in [0.15, 0.2) is 5.82 Å². The molecule has 2 fully saturated rings. The molecule has 6 heteroatoms. The molecule has 0 bridgehead atoms. The van der Waals surface area contributed by atoms with Crippen molar-refractivity contribution >= 4 is 12.4 Å². The molecule has 0 aromatic carbocycles. The highest BCUT2D eigenvalue weighted by Crippen LogP contribution is 2.27. The summed E-state index contributed by atoms with van der Waals surface area (Å²) < 4.78 is 10.7. The van der Waals surface area contributed by atoms with Crippen molar-refractivity contribution in [1.82, 2.24) is 15.5 Å². The zero-order valence-electron chi connectivity index (χ0n) is 9.72. The van der Waals surface area contributed by atoms with Crippen LogP contribution in [0.3, 0.4) is 0 Å². The van der Waals surface area contributed by atoms with Gasteiger partial charge >= 0.3 is 0 Å². The quantitative estimate of drug-likeness (QED) is 0.871. The van der Waals surface area contributed by atoms with Crippen LogP contribution in [0.2, 0.25) is 0 Å². The number of rotatable bonds is 2. The van der Waals surface area contributed by atoms with Gasteiger partial charge in [-0.3, -0.25) is 0 Å². The molecule has 1 aromatic rings. The maximum Gasteiger partial charge on any atom is 0.231 e. The average molecular weight is 260 g/mol. The van der Waals surface area contributed by atoms with E-state index in [2.05, 4.69) is 15.5 Å². The number of nitrogens with zero attached hydrogens (tertiary/aromatic N) is 2. The highest BCUT2D eigenvalue weighted by Gasteiger charge is 2.26. The Morgan fingerprint density at radius 1 is 1.12 bits per heavy atom. The Bertz CT molecular complexity index is 346. The second-order valence-electron chi connectivity index (χ2n) is 4.57. The summed E-state index contributed by atoms with van der Waals surface area (Å²) in [4.78, 5) is 4.54. The van der Waals surface area contributed by atoms with Crippen LogP contribution in [-0.2, 0) is 4.74 Å². The molecule has 0 saturated carbocycles. The smallest absolute Gasteiger partial charge is 0.231 e. The maximum absolute atomic E-state index is 5.36. The molecule has 3 rings (SSSR count). The van der Waals surface area contributed by atoms with Crippen LogP contribution in [-0.4, -0.2) is 36.4 Å². The average Bonchev–Trinajstić information content (AvgIpc) is 3.01. The van der Waals surface area contributed by atoms with Crippen molar-refractivity contribution in [2.45, 2.75) is 31.1 Å². The first kappa shape index (κ1) is 12.8. The summed E-state index contributed by atoms with van der Waals surface area (Å²) in [5.41, 5.74) is 0. The molecule has 1 unspecified atom stereocenters. The van der Waals surface area contributed by atoms with E-state index in [-0.39, 0.29) is 12.4 Å². The lowest BCUT2D eigenvalue weighted by Crippen LogP contribution is -2.15. The molecule has 1 N–H and O–H groups in total. The van der Waals surface area contributed by atoms with Crippen molar-refractivity contribution in [2.75, 3.05) is 26.3 Å². The number of hydrogen-bond acceptors (Lipinski definition) is 5. The SMILES string of the molecule is C1CC(c2nc(C3CCOCC3)no2)CN1.Cl.